The van der Waals surface area contributed by atoms with Crippen molar-refractivity contribution in [1.29, 1.82) is 0 Å². The number of quaternary nitrogens is 1. The van der Waals surface area contributed by atoms with Gasteiger partial charge in [0, 0.05) is 53.2 Å². The molecule has 4 saturated carbocycles. The van der Waals surface area contributed by atoms with Crippen molar-refractivity contribution in [3.05, 3.63) is 52.2 Å². The maximum Gasteiger partial charge on any atom is 0.342 e. The number of aliphatic carboxylic acids is 1. The van der Waals surface area contributed by atoms with Crippen molar-refractivity contribution in [2.75, 3.05) is 13.1 Å². The van der Waals surface area contributed by atoms with Gasteiger partial charge in [-0.05, 0) is 128 Å². The molecule has 0 unspecified atom stereocenters. The number of halogens is 1. The molecule has 9 nitrogen and oxygen atoms in total. The number of amides is 1. The Balaban J connectivity index is 1.33. The number of primary amides is 1. The predicted molar refractivity (Wildman–Crippen MR) is 219 cm³/mol. The number of fused-ring (bicyclic) bond motifs is 7. The van der Waals surface area contributed by atoms with Gasteiger partial charge in [-0.25, -0.2) is 10.1 Å². The van der Waals surface area contributed by atoms with Crippen molar-refractivity contribution in [3.8, 4) is 0 Å². The molecule has 56 heavy (non-hydrogen) atoms. The first-order valence-electron chi connectivity index (χ1n) is 21.1. The number of carboxylic acid groups (broad SMARTS) is 1. The highest BCUT2D eigenvalue weighted by Gasteiger charge is 2.70. The van der Waals surface area contributed by atoms with Crippen LogP contribution in [0.5, 0.6) is 0 Å². The number of ether oxygens (including phenoxy) is 1. The van der Waals surface area contributed by atoms with Crippen LogP contribution in [0, 0.1) is 56.2 Å². The minimum absolute atomic E-state index is 0.00586. The molecule has 4 fully saturated rings. The van der Waals surface area contributed by atoms with Gasteiger partial charge in [0.15, 0.2) is 5.78 Å². The summed E-state index contributed by atoms with van der Waals surface area (Å²) in [4.78, 5) is 53.1. The Labute approximate surface area is 339 Å². The Kier molecular flexibility index (Phi) is 11.4. The lowest BCUT2D eigenvalue weighted by Crippen LogP contribution is -2.81. The average molecular weight is 794 g/mol. The van der Waals surface area contributed by atoms with Gasteiger partial charge in [0.25, 0.3) is 0 Å². The normalized spacial score (nSPS) is 35.3. The number of nitrogens with one attached hydrogen (secondary N) is 1. The van der Waals surface area contributed by atoms with Gasteiger partial charge in [-0.15, -0.1) is 0 Å². The first kappa shape index (κ1) is 42.6. The number of nitrogens with two attached hydrogens (primary N) is 2. The summed E-state index contributed by atoms with van der Waals surface area (Å²) in [7, 11) is 0. The van der Waals surface area contributed by atoms with Crippen LogP contribution in [0.4, 0.5) is 5.69 Å². The molecule has 8 atom stereocenters. The van der Waals surface area contributed by atoms with E-state index in [-0.39, 0.29) is 57.7 Å². The van der Waals surface area contributed by atoms with Gasteiger partial charge < -0.3 is 20.9 Å². The Morgan fingerprint density at radius 2 is 1.66 bits per heavy atom. The standard InChI is InChI=1S/C46H66ClN3O6/c1-27(2)38-31(51)25-46(34(49-23-22-48)24-36(52)50-29-12-10-28(47)11-13-29)21-20-44(8)30(39(38)46)14-15-33-43(7)18-17-35(56-37(53)26-41(3,4)40(54)55)42(5,6)32(43)16-19-45(33,44)9/h10-13,24,27,30,32-33,35,49H,14-23,25-26,48H2,1-9H3,(H,50,52)(H,54,55)/p+1/b34-24-/t30-,32+,33-,35+,43+,44-,45-,46+/m1/s1. The summed E-state index contributed by atoms with van der Waals surface area (Å²) in [5.41, 5.74) is 7.83. The van der Waals surface area contributed by atoms with Crippen LogP contribution in [0.2, 0.25) is 5.02 Å². The summed E-state index contributed by atoms with van der Waals surface area (Å²) in [6.45, 7) is 20.4. The molecule has 6 N–H and O–H groups in total. The van der Waals surface area contributed by atoms with Crippen LogP contribution in [0.15, 0.2) is 47.2 Å². The molecule has 0 heterocycles. The third-order valence-electron chi connectivity index (χ3n) is 16.2. The molecule has 308 valence electrons. The summed E-state index contributed by atoms with van der Waals surface area (Å²) >= 11 is 6.12. The van der Waals surface area contributed by atoms with Crippen LogP contribution in [0.25, 0.3) is 0 Å². The smallest absolute Gasteiger partial charge is 0.342 e. The largest absolute Gasteiger partial charge is 0.481 e. The van der Waals surface area contributed by atoms with Crippen LogP contribution < -0.4 is 16.4 Å². The predicted octanol–water partition coefficient (Wildman–Crippen LogP) is 7.89. The van der Waals surface area contributed by atoms with Crippen molar-refractivity contribution in [2.45, 2.75) is 133 Å². The van der Waals surface area contributed by atoms with E-state index in [1.54, 1.807) is 37.4 Å². The van der Waals surface area contributed by atoms with E-state index in [1.165, 1.54) is 5.57 Å². The van der Waals surface area contributed by atoms with Crippen LogP contribution >= 0.6 is 11.6 Å². The van der Waals surface area contributed by atoms with Crippen molar-refractivity contribution >= 4 is 40.9 Å². The number of esters is 1. The molecule has 10 heteroatoms. The van der Waals surface area contributed by atoms with Gasteiger partial charge in [-0.3, -0.25) is 14.4 Å². The molecule has 1 amide bonds. The van der Waals surface area contributed by atoms with Crippen molar-refractivity contribution in [1.82, 2.24) is 5.32 Å². The number of carboxylic acids is 1. The van der Waals surface area contributed by atoms with Crippen molar-refractivity contribution < 1.29 is 34.3 Å². The number of benzene rings is 1. The zero-order chi connectivity index (χ0) is 41.2. The van der Waals surface area contributed by atoms with E-state index in [0.717, 1.165) is 68.3 Å². The zero-order valence-corrected chi connectivity index (χ0v) is 36.0. The molecule has 0 saturated heterocycles. The summed E-state index contributed by atoms with van der Waals surface area (Å²) in [6.07, 6.45) is 9.24. The maximum atomic E-state index is 14.3. The molecule has 0 aliphatic heterocycles. The van der Waals surface area contributed by atoms with E-state index >= 15 is 0 Å². The quantitative estimate of drug-likeness (QED) is 0.100. The summed E-state index contributed by atoms with van der Waals surface area (Å²) in [5, 5.41) is 15.5. The highest BCUT2D eigenvalue weighted by atomic mass is 35.5. The number of hydrogen-bond donors (Lipinski definition) is 4. The fourth-order valence-electron chi connectivity index (χ4n) is 13.2. The number of carbonyl (C=O) groups is 4. The SMILES string of the molecule is CC(C)C1=C2[C@H]3CC[C@@H]4[C@@]5(C)CC[C@H](OC(=O)CC(C)(C)C(=O)O)C(C)(C)[C@@H]5CC[C@@]4(C)[C@]3(C)CC[C@@]2(/C(=C/C(=O)[NH2+]c2ccc(Cl)cc2)NCCN)CC1=O. The Morgan fingerprint density at radius 1 is 0.982 bits per heavy atom. The molecule has 5 aliphatic rings. The van der Waals surface area contributed by atoms with Crippen LogP contribution in [-0.2, 0) is 23.9 Å². The van der Waals surface area contributed by atoms with E-state index in [0.29, 0.717) is 36.4 Å². The Hall–Kier alpha value is -3.01. The first-order chi connectivity index (χ1) is 26.1. The van der Waals surface area contributed by atoms with E-state index in [4.69, 9.17) is 22.1 Å². The highest BCUT2D eigenvalue weighted by molar-refractivity contribution is 6.30. The summed E-state index contributed by atoms with van der Waals surface area (Å²) in [5.74, 6) is -0.308. The van der Waals surface area contributed by atoms with E-state index < -0.39 is 22.8 Å². The maximum absolute atomic E-state index is 14.3. The zero-order valence-electron chi connectivity index (χ0n) is 35.3. The molecular weight excluding hydrogens is 726 g/mol. The van der Waals surface area contributed by atoms with Gasteiger partial charge in [-0.1, -0.05) is 60.1 Å². The van der Waals surface area contributed by atoms with Crippen LogP contribution in [0.3, 0.4) is 0 Å². The highest BCUT2D eigenvalue weighted by Crippen LogP contribution is 2.77. The average Bonchev–Trinajstić information content (AvgIpc) is 3.42. The number of carbonyl (C=O) groups excluding carboxylic acids is 3. The van der Waals surface area contributed by atoms with Crippen molar-refractivity contribution in [2.24, 2.45) is 61.9 Å². The minimum Gasteiger partial charge on any atom is -0.481 e. The fourth-order valence-corrected chi connectivity index (χ4v) is 13.4. The van der Waals surface area contributed by atoms with E-state index in [1.807, 2.05) is 12.1 Å². The molecule has 0 bridgehead atoms. The molecule has 1 aromatic carbocycles. The van der Waals surface area contributed by atoms with Crippen LogP contribution in [-0.4, -0.2) is 47.9 Å². The van der Waals surface area contributed by atoms with Gasteiger partial charge >= 0.3 is 17.8 Å². The second-order valence-electron chi connectivity index (χ2n) is 20.4. The number of allylic oxidation sites excluding steroid dienone is 2. The van der Waals surface area contributed by atoms with E-state index in [2.05, 4.69) is 53.8 Å². The number of ketones is 1. The van der Waals surface area contributed by atoms with Crippen LogP contribution in [0.1, 0.15) is 127 Å². The minimum atomic E-state index is -1.18. The van der Waals surface area contributed by atoms with E-state index in [9.17, 15) is 24.3 Å². The molecule has 1 aromatic rings. The number of hydrogen-bond acceptors (Lipinski definition) is 7. The van der Waals surface area contributed by atoms with Gasteiger partial charge in [-0.2, -0.15) is 0 Å². The molecule has 6 rings (SSSR count). The molecule has 0 spiro atoms. The van der Waals surface area contributed by atoms with Crippen molar-refractivity contribution in [3.63, 3.8) is 0 Å². The Morgan fingerprint density at radius 3 is 2.29 bits per heavy atom. The van der Waals surface area contributed by atoms with Gasteiger partial charge in [0.05, 0.1) is 17.9 Å². The monoisotopic (exact) mass is 792 g/mol. The molecule has 0 aromatic heterocycles. The van der Waals surface area contributed by atoms with Gasteiger partial charge in [0.2, 0.25) is 0 Å². The third kappa shape index (κ3) is 6.89. The Bertz CT molecular complexity index is 1820. The summed E-state index contributed by atoms with van der Waals surface area (Å²) in [6, 6.07) is 7.23. The summed E-state index contributed by atoms with van der Waals surface area (Å²) < 4.78 is 6.18. The molecular formula is C46H67ClN3O6+. The second kappa shape index (κ2) is 15.0. The lowest BCUT2D eigenvalue weighted by atomic mass is 9.33. The molecule has 5 aliphatic carbocycles. The second-order valence-corrected chi connectivity index (χ2v) is 20.8. The first-order valence-corrected chi connectivity index (χ1v) is 21.5. The number of rotatable bonds is 11. The third-order valence-corrected chi connectivity index (χ3v) is 16.5. The lowest BCUT2D eigenvalue weighted by molar-refractivity contribution is -0.478. The lowest BCUT2D eigenvalue weighted by Gasteiger charge is -2.72. The molecule has 0 radical (unpaired) electrons. The fraction of sp³-hybridized carbons (Fsp3) is 0.696. The number of Topliss-reactive ketones (excluding diaryl/α,β-unsaturated/α-hetero) is 1. The topological polar surface area (TPSA) is 152 Å². The van der Waals surface area contributed by atoms with Gasteiger partial charge in [0.1, 0.15) is 11.8 Å².